The Morgan fingerprint density at radius 1 is 1.50 bits per heavy atom. The van der Waals surface area contributed by atoms with E-state index in [-0.39, 0.29) is 0 Å². The molecule has 1 nitrogen and oxygen atoms in total. The molecule has 50 valence electrons. The van der Waals surface area contributed by atoms with Gasteiger partial charge in [0.1, 0.15) is 0 Å². The summed E-state index contributed by atoms with van der Waals surface area (Å²) >= 11 is 3.46. The molecule has 0 unspecified atom stereocenters. The summed E-state index contributed by atoms with van der Waals surface area (Å²) in [6.45, 7) is 0. The molecule has 0 aromatic carbocycles. The van der Waals surface area contributed by atoms with Crippen molar-refractivity contribution in [2.24, 2.45) is 0 Å². The maximum Gasteiger partial charge on any atom is 0.0354 e. The van der Waals surface area contributed by atoms with Gasteiger partial charge in [0.05, 0.1) is 0 Å². The first-order valence-corrected chi connectivity index (χ1v) is 3.96. The van der Waals surface area contributed by atoms with Crippen LogP contribution < -0.4 is 0 Å². The van der Waals surface area contributed by atoms with E-state index < -0.39 is 0 Å². The number of fused-ring (bicyclic) bond motifs is 1. The highest BCUT2D eigenvalue weighted by Crippen LogP contribution is 2.30. The Kier molecular flexibility index (Phi) is 1.34. The van der Waals surface area contributed by atoms with Crippen molar-refractivity contribution in [2.45, 2.75) is 6.42 Å². The first-order valence-electron chi connectivity index (χ1n) is 3.17. The van der Waals surface area contributed by atoms with Gasteiger partial charge in [-0.2, -0.15) is 0 Å². The van der Waals surface area contributed by atoms with E-state index >= 15 is 0 Å². The molecule has 1 heterocycles. The van der Waals surface area contributed by atoms with Crippen molar-refractivity contribution < 1.29 is 0 Å². The minimum absolute atomic E-state index is 1.04. The Labute approximate surface area is 67.9 Å². The average molecular weight is 196 g/mol. The van der Waals surface area contributed by atoms with Gasteiger partial charge >= 0.3 is 0 Å². The van der Waals surface area contributed by atoms with Crippen LogP contribution in [0.3, 0.4) is 0 Å². The number of aromatic nitrogens is 1. The smallest absolute Gasteiger partial charge is 0.0354 e. The lowest BCUT2D eigenvalue weighted by atomic mass is 10.2. The largest absolute Gasteiger partial charge is 0.264 e. The zero-order chi connectivity index (χ0) is 6.97. The molecule has 1 aliphatic rings. The van der Waals surface area contributed by atoms with E-state index in [2.05, 4.69) is 33.1 Å². The monoisotopic (exact) mass is 195 g/mol. The number of rotatable bonds is 0. The van der Waals surface area contributed by atoms with Crippen LogP contribution in [0.2, 0.25) is 0 Å². The number of pyridine rings is 1. The van der Waals surface area contributed by atoms with E-state index in [4.69, 9.17) is 0 Å². The molecule has 0 amide bonds. The molecule has 2 heteroatoms. The van der Waals surface area contributed by atoms with E-state index in [1.165, 1.54) is 15.6 Å². The van der Waals surface area contributed by atoms with Gasteiger partial charge in [0.25, 0.3) is 0 Å². The number of nitrogens with zero attached hydrogens (tertiary/aromatic N) is 1. The summed E-state index contributed by atoms with van der Waals surface area (Å²) in [7, 11) is 0. The summed E-state index contributed by atoms with van der Waals surface area (Å²) < 4.78 is 1.18. The van der Waals surface area contributed by atoms with Crippen molar-refractivity contribution in [2.75, 3.05) is 0 Å². The maximum atomic E-state index is 4.04. The minimum atomic E-state index is 1.04. The van der Waals surface area contributed by atoms with Crippen molar-refractivity contribution in [3.8, 4) is 0 Å². The molecule has 1 aromatic rings. The van der Waals surface area contributed by atoms with Crippen molar-refractivity contribution in [3.05, 3.63) is 35.7 Å². The lowest BCUT2D eigenvalue weighted by Gasteiger charge is -1.95. The first kappa shape index (κ1) is 6.10. The van der Waals surface area contributed by atoms with E-state index in [1.54, 1.807) is 0 Å². The van der Waals surface area contributed by atoms with Crippen LogP contribution in [-0.2, 0) is 6.42 Å². The second-order valence-electron chi connectivity index (χ2n) is 2.29. The molecule has 1 aromatic heterocycles. The van der Waals surface area contributed by atoms with Gasteiger partial charge in [-0.15, -0.1) is 0 Å². The van der Waals surface area contributed by atoms with Crippen LogP contribution in [-0.4, -0.2) is 4.98 Å². The van der Waals surface area contributed by atoms with Gasteiger partial charge in [-0.25, -0.2) is 0 Å². The van der Waals surface area contributed by atoms with Gasteiger partial charge in [-0.1, -0.05) is 22.0 Å². The molecule has 0 bridgehead atoms. The molecule has 0 N–H and O–H groups in total. The normalized spacial score (nSPS) is 14.7. The lowest BCUT2D eigenvalue weighted by molar-refractivity contribution is 1.23. The summed E-state index contributed by atoms with van der Waals surface area (Å²) in [6.07, 6.45) is 6.92. The van der Waals surface area contributed by atoms with Crippen LogP contribution in [0.1, 0.15) is 11.1 Å². The molecular weight excluding hydrogens is 190 g/mol. The van der Waals surface area contributed by atoms with Crippen LogP contribution in [0, 0.1) is 0 Å². The number of halogens is 1. The minimum Gasteiger partial charge on any atom is -0.264 e. The average Bonchev–Trinajstić information content (AvgIpc) is 2.34. The zero-order valence-electron chi connectivity index (χ0n) is 5.34. The summed E-state index contributed by atoms with van der Waals surface area (Å²) in [5, 5.41) is 0. The Morgan fingerprint density at radius 2 is 2.40 bits per heavy atom. The van der Waals surface area contributed by atoms with Gasteiger partial charge < -0.3 is 0 Å². The third-order valence-electron chi connectivity index (χ3n) is 1.67. The molecule has 1 aliphatic carbocycles. The molecule has 0 fully saturated rings. The Hall–Kier alpha value is -0.630. The maximum absolute atomic E-state index is 4.04. The SMILES string of the molecule is BrC1=CCc2ccncc21. The summed E-state index contributed by atoms with van der Waals surface area (Å²) in [5.41, 5.74) is 2.60. The lowest BCUT2D eigenvalue weighted by Crippen LogP contribution is -1.81. The fraction of sp³-hybridized carbons (Fsp3) is 0.125. The fourth-order valence-corrected chi connectivity index (χ4v) is 1.64. The van der Waals surface area contributed by atoms with Crippen LogP contribution in [0.15, 0.2) is 24.5 Å². The standard InChI is InChI=1S/C8H6BrN/c9-8-2-1-6-3-4-10-5-7(6)8/h2-5H,1H2. The van der Waals surface area contributed by atoms with Gasteiger partial charge in [0.15, 0.2) is 0 Å². The van der Waals surface area contributed by atoms with E-state index in [1.807, 2.05) is 12.4 Å². The molecule has 0 saturated carbocycles. The van der Waals surface area contributed by atoms with E-state index in [0.29, 0.717) is 0 Å². The molecular formula is C8H6BrN. The van der Waals surface area contributed by atoms with E-state index in [0.717, 1.165) is 6.42 Å². The number of hydrogen-bond acceptors (Lipinski definition) is 1. The predicted octanol–water partition coefficient (Wildman–Crippen LogP) is 2.37. The van der Waals surface area contributed by atoms with E-state index in [9.17, 15) is 0 Å². The van der Waals surface area contributed by atoms with Crippen LogP contribution in [0.25, 0.3) is 4.48 Å². The third-order valence-corrected chi connectivity index (χ3v) is 2.42. The van der Waals surface area contributed by atoms with Gasteiger partial charge in [-0.05, 0) is 18.1 Å². The van der Waals surface area contributed by atoms with Crippen LogP contribution >= 0.6 is 15.9 Å². The summed E-state index contributed by atoms with van der Waals surface area (Å²) in [4.78, 5) is 4.04. The van der Waals surface area contributed by atoms with Crippen molar-refractivity contribution in [3.63, 3.8) is 0 Å². The highest BCUT2D eigenvalue weighted by Gasteiger charge is 2.09. The van der Waals surface area contributed by atoms with Gasteiger partial charge in [-0.3, -0.25) is 4.98 Å². The van der Waals surface area contributed by atoms with Crippen molar-refractivity contribution in [1.82, 2.24) is 4.98 Å². The Bertz CT molecular complexity index is 291. The second-order valence-corrected chi connectivity index (χ2v) is 3.14. The molecule has 0 saturated heterocycles. The second kappa shape index (κ2) is 2.20. The van der Waals surface area contributed by atoms with Crippen molar-refractivity contribution in [1.29, 1.82) is 0 Å². The van der Waals surface area contributed by atoms with Gasteiger partial charge in [0.2, 0.25) is 0 Å². The Morgan fingerprint density at radius 3 is 3.20 bits per heavy atom. The fourth-order valence-electron chi connectivity index (χ4n) is 1.13. The summed E-state index contributed by atoms with van der Waals surface area (Å²) in [5.74, 6) is 0. The highest BCUT2D eigenvalue weighted by molar-refractivity contribution is 9.15. The summed E-state index contributed by atoms with van der Waals surface area (Å²) in [6, 6.07) is 2.06. The molecule has 10 heavy (non-hydrogen) atoms. The quantitative estimate of drug-likeness (QED) is 0.620. The third kappa shape index (κ3) is 0.797. The molecule has 0 spiro atoms. The Balaban J connectivity index is 2.61. The van der Waals surface area contributed by atoms with Crippen LogP contribution in [0.4, 0.5) is 0 Å². The zero-order valence-corrected chi connectivity index (χ0v) is 6.93. The number of hydrogen-bond donors (Lipinski definition) is 0. The van der Waals surface area contributed by atoms with Crippen LogP contribution in [0.5, 0.6) is 0 Å². The van der Waals surface area contributed by atoms with Crippen molar-refractivity contribution >= 4 is 20.4 Å². The molecule has 0 atom stereocenters. The first-order chi connectivity index (χ1) is 4.88. The molecule has 2 rings (SSSR count). The topological polar surface area (TPSA) is 12.9 Å². The predicted molar refractivity (Wildman–Crippen MR) is 44.8 cm³/mol. The molecule has 0 radical (unpaired) electrons. The highest BCUT2D eigenvalue weighted by atomic mass is 79.9. The van der Waals surface area contributed by atoms with Gasteiger partial charge in [0, 0.05) is 22.4 Å². The number of allylic oxidation sites excluding steroid dienone is 1. The molecule has 0 aliphatic heterocycles.